The number of allylic oxidation sites excluding steroid dienone is 6. The van der Waals surface area contributed by atoms with Gasteiger partial charge in [-0.3, -0.25) is 9.59 Å². The highest BCUT2D eigenvalue weighted by Gasteiger charge is 2.00. The van der Waals surface area contributed by atoms with E-state index in [1.807, 2.05) is 0 Å². The van der Waals surface area contributed by atoms with Gasteiger partial charge >= 0.3 is 0 Å². The molecule has 0 unspecified atom stereocenters. The van der Waals surface area contributed by atoms with Crippen molar-refractivity contribution < 1.29 is 9.59 Å². The summed E-state index contributed by atoms with van der Waals surface area (Å²) >= 11 is 0. The van der Waals surface area contributed by atoms with Gasteiger partial charge in [0.05, 0.1) is 0 Å². The van der Waals surface area contributed by atoms with Gasteiger partial charge in [-0.25, -0.2) is 0 Å². The van der Waals surface area contributed by atoms with E-state index >= 15 is 0 Å². The Kier molecular flexibility index (Phi) is 42.4. The maximum Gasteiger partial charge on any atom is 0.219 e. The van der Waals surface area contributed by atoms with Gasteiger partial charge in [0.1, 0.15) is 0 Å². The second kappa shape index (κ2) is 42.2. The zero-order valence-electron chi connectivity index (χ0n) is 30.6. The molecule has 0 fully saturated rings. The van der Waals surface area contributed by atoms with Gasteiger partial charge in [-0.2, -0.15) is 0 Å². The van der Waals surface area contributed by atoms with E-state index in [1.165, 1.54) is 135 Å². The van der Waals surface area contributed by atoms with Crippen molar-refractivity contribution in [1.29, 1.82) is 0 Å². The molecule has 0 aromatic rings. The number of carbonyl (C=O) groups excluding carboxylic acids is 2. The number of amides is 2. The fraction of sp³-hybridized carbons (Fsp3) is 0.805. The molecule has 0 heterocycles. The molecule has 264 valence electrons. The standard InChI is InChI=1S/C23H41NO.C18H37NO/c1-3-5-7-8-9-10-11-12-13-14-15-16-17-18-19-21-23(25)24-22-20-6-4-2;1-2-3-4-5-6-7-8-9-10-11-12-13-14-15-16-17-18(19)20/h5,7,9-10,12-13H,3-4,6,8,11,14-22H2,1-2H3,(H,24,25);2-17H2,1H3,(H2,19,20)/b7-5-,10-9-,13-12-;. The minimum absolute atomic E-state index is 0.153. The van der Waals surface area contributed by atoms with Crippen LogP contribution < -0.4 is 11.1 Å². The number of carbonyl (C=O) groups is 2. The fourth-order valence-electron chi connectivity index (χ4n) is 5.27. The van der Waals surface area contributed by atoms with Crippen molar-refractivity contribution in [3.05, 3.63) is 36.5 Å². The van der Waals surface area contributed by atoms with E-state index in [2.05, 4.69) is 62.5 Å². The lowest BCUT2D eigenvalue weighted by molar-refractivity contribution is -0.121. The third-order valence-corrected chi connectivity index (χ3v) is 8.18. The quantitative estimate of drug-likeness (QED) is 0.0559. The van der Waals surface area contributed by atoms with Crippen LogP contribution in [-0.4, -0.2) is 18.4 Å². The second-order valence-corrected chi connectivity index (χ2v) is 12.8. The molecule has 2 amide bonds. The van der Waals surface area contributed by atoms with Gasteiger partial charge in [0.15, 0.2) is 0 Å². The topological polar surface area (TPSA) is 72.2 Å². The predicted octanol–water partition coefficient (Wildman–Crippen LogP) is 12.6. The molecule has 0 bridgehead atoms. The van der Waals surface area contributed by atoms with Crippen molar-refractivity contribution in [2.24, 2.45) is 5.73 Å². The third kappa shape index (κ3) is 46.7. The molecule has 0 saturated carbocycles. The van der Waals surface area contributed by atoms with E-state index < -0.39 is 0 Å². The molecule has 0 aliphatic rings. The SMILES string of the molecule is CC/C=C\C/C=C\C/C=C\CCCCCCCC(=O)NCCCCC.CCCCCCCCCCCCCCCCCC(N)=O. The second-order valence-electron chi connectivity index (χ2n) is 12.8. The van der Waals surface area contributed by atoms with Crippen LogP contribution in [0.1, 0.15) is 207 Å². The van der Waals surface area contributed by atoms with Crippen LogP contribution in [0.15, 0.2) is 36.5 Å². The smallest absolute Gasteiger partial charge is 0.219 e. The van der Waals surface area contributed by atoms with Gasteiger partial charge in [0.25, 0.3) is 0 Å². The Hall–Kier alpha value is -1.84. The molecule has 4 nitrogen and oxygen atoms in total. The van der Waals surface area contributed by atoms with Crippen molar-refractivity contribution in [3.63, 3.8) is 0 Å². The molecule has 45 heavy (non-hydrogen) atoms. The maximum absolute atomic E-state index is 11.6. The highest BCUT2D eigenvalue weighted by Crippen LogP contribution is 2.13. The highest BCUT2D eigenvalue weighted by molar-refractivity contribution is 5.75. The monoisotopic (exact) mass is 631 g/mol. The Morgan fingerprint density at radius 2 is 0.867 bits per heavy atom. The van der Waals surface area contributed by atoms with Crippen molar-refractivity contribution >= 4 is 11.8 Å². The van der Waals surface area contributed by atoms with Crippen LogP contribution in [-0.2, 0) is 9.59 Å². The predicted molar refractivity (Wildman–Crippen MR) is 201 cm³/mol. The Morgan fingerprint density at radius 3 is 1.36 bits per heavy atom. The number of rotatable bonds is 33. The van der Waals surface area contributed by atoms with Gasteiger partial charge in [-0.15, -0.1) is 0 Å². The molecule has 0 spiro atoms. The van der Waals surface area contributed by atoms with Crippen LogP contribution in [0, 0.1) is 0 Å². The number of nitrogens with one attached hydrogen (secondary N) is 1. The summed E-state index contributed by atoms with van der Waals surface area (Å²) in [4.78, 5) is 22.2. The first kappa shape index (κ1) is 45.3. The third-order valence-electron chi connectivity index (χ3n) is 8.18. The number of hydrogen-bond donors (Lipinski definition) is 2. The fourth-order valence-corrected chi connectivity index (χ4v) is 5.27. The molecule has 0 saturated heterocycles. The summed E-state index contributed by atoms with van der Waals surface area (Å²) in [6, 6.07) is 0. The Morgan fingerprint density at radius 1 is 0.467 bits per heavy atom. The van der Waals surface area contributed by atoms with Gasteiger partial charge in [-0.1, -0.05) is 179 Å². The summed E-state index contributed by atoms with van der Waals surface area (Å²) < 4.78 is 0. The molecule has 0 rings (SSSR count). The van der Waals surface area contributed by atoms with Gasteiger partial charge in [-0.05, 0) is 51.4 Å². The number of primary amides is 1. The Labute approximate surface area is 281 Å². The van der Waals surface area contributed by atoms with E-state index in [9.17, 15) is 9.59 Å². The largest absolute Gasteiger partial charge is 0.370 e. The molecule has 4 heteroatoms. The molecule has 0 aliphatic carbocycles. The summed E-state index contributed by atoms with van der Waals surface area (Å²) in [5.74, 6) is 0.0805. The molecular weight excluding hydrogens is 552 g/mol. The normalized spacial score (nSPS) is 11.4. The molecule has 3 N–H and O–H groups in total. The van der Waals surface area contributed by atoms with Gasteiger partial charge < -0.3 is 11.1 Å². The van der Waals surface area contributed by atoms with Gasteiger partial charge in [0, 0.05) is 19.4 Å². The van der Waals surface area contributed by atoms with Crippen LogP contribution >= 0.6 is 0 Å². The molecular formula is C41H78N2O2. The Bertz CT molecular complexity index is 683. The number of hydrogen-bond acceptors (Lipinski definition) is 2. The summed E-state index contributed by atoms with van der Waals surface area (Å²) in [7, 11) is 0. The van der Waals surface area contributed by atoms with Gasteiger partial charge in [0.2, 0.25) is 11.8 Å². The van der Waals surface area contributed by atoms with Crippen molar-refractivity contribution in [2.45, 2.75) is 207 Å². The molecule has 0 atom stereocenters. The van der Waals surface area contributed by atoms with Crippen LogP contribution in [0.3, 0.4) is 0 Å². The van der Waals surface area contributed by atoms with Crippen molar-refractivity contribution in [1.82, 2.24) is 5.32 Å². The zero-order valence-corrected chi connectivity index (χ0v) is 30.6. The van der Waals surface area contributed by atoms with Crippen LogP contribution in [0.25, 0.3) is 0 Å². The first-order valence-electron chi connectivity index (χ1n) is 19.6. The molecule has 0 aromatic carbocycles. The molecule has 0 radical (unpaired) electrons. The minimum Gasteiger partial charge on any atom is -0.370 e. The first-order valence-corrected chi connectivity index (χ1v) is 19.6. The summed E-state index contributed by atoms with van der Waals surface area (Å²) in [6.07, 6.45) is 49.0. The number of unbranched alkanes of at least 4 members (excludes halogenated alkanes) is 21. The first-order chi connectivity index (χ1) is 22.1. The zero-order chi connectivity index (χ0) is 33.3. The lowest BCUT2D eigenvalue weighted by Gasteiger charge is -2.04. The van der Waals surface area contributed by atoms with E-state index in [-0.39, 0.29) is 11.8 Å². The highest BCUT2D eigenvalue weighted by atomic mass is 16.1. The summed E-state index contributed by atoms with van der Waals surface area (Å²) in [5.41, 5.74) is 5.11. The average molecular weight is 631 g/mol. The van der Waals surface area contributed by atoms with E-state index in [1.54, 1.807) is 0 Å². The number of nitrogens with two attached hydrogens (primary N) is 1. The summed E-state index contributed by atoms with van der Waals surface area (Å²) in [5, 5.41) is 3.01. The lowest BCUT2D eigenvalue weighted by atomic mass is 10.0. The summed E-state index contributed by atoms with van der Waals surface area (Å²) in [6.45, 7) is 7.47. The average Bonchev–Trinajstić information content (AvgIpc) is 3.03. The molecule has 0 aromatic heterocycles. The van der Waals surface area contributed by atoms with Crippen LogP contribution in [0.5, 0.6) is 0 Å². The lowest BCUT2D eigenvalue weighted by Crippen LogP contribution is -2.23. The van der Waals surface area contributed by atoms with Crippen LogP contribution in [0.2, 0.25) is 0 Å². The molecule has 0 aliphatic heterocycles. The van der Waals surface area contributed by atoms with Crippen LogP contribution in [0.4, 0.5) is 0 Å². The van der Waals surface area contributed by atoms with Crippen molar-refractivity contribution in [3.8, 4) is 0 Å². The Balaban J connectivity index is 0. The maximum atomic E-state index is 11.6. The minimum atomic E-state index is -0.153. The van der Waals surface area contributed by atoms with Crippen molar-refractivity contribution in [2.75, 3.05) is 6.54 Å². The van der Waals surface area contributed by atoms with E-state index in [4.69, 9.17) is 5.73 Å². The van der Waals surface area contributed by atoms with E-state index in [0.717, 1.165) is 45.1 Å². The van der Waals surface area contributed by atoms with E-state index in [0.29, 0.717) is 12.8 Å².